The molecule has 170 valence electrons. The van der Waals surface area contributed by atoms with E-state index in [1.807, 2.05) is 0 Å². The molecule has 3 nitrogen and oxygen atoms in total. The zero-order valence-electron chi connectivity index (χ0n) is 19.7. The van der Waals surface area contributed by atoms with Gasteiger partial charge in [-0.05, 0) is 107 Å². The molecule has 3 saturated carbocycles. The van der Waals surface area contributed by atoms with Crippen molar-refractivity contribution in [1.29, 1.82) is 0 Å². The van der Waals surface area contributed by atoms with Crippen LogP contribution in [0.5, 0.6) is 0 Å². The minimum Gasteiger partial charge on any atom is -0.393 e. The smallest absolute Gasteiger partial charge is 0.0849 e. The second-order valence-electron chi connectivity index (χ2n) is 11.3. The van der Waals surface area contributed by atoms with Crippen molar-refractivity contribution in [3.63, 3.8) is 0 Å². The molecule has 2 unspecified atom stereocenters. The Labute approximate surface area is 184 Å². The maximum absolute atomic E-state index is 10.3. The van der Waals surface area contributed by atoms with Gasteiger partial charge < -0.3 is 15.3 Å². The fourth-order valence-electron chi connectivity index (χ4n) is 6.58. The summed E-state index contributed by atoms with van der Waals surface area (Å²) in [5.74, 6) is 1.89. The molecule has 0 aromatic rings. The van der Waals surface area contributed by atoms with Gasteiger partial charge in [0.2, 0.25) is 0 Å². The molecule has 0 bridgehead atoms. The Morgan fingerprint density at radius 1 is 1.17 bits per heavy atom. The number of hydrogen-bond acceptors (Lipinski definition) is 3. The van der Waals surface area contributed by atoms with E-state index in [0.717, 1.165) is 25.7 Å². The number of hydrogen-bond donors (Lipinski definition) is 3. The Hall–Kier alpha value is -0.900. The van der Waals surface area contributed by atoms with E-state index in [1.165, 1.54) is 43.3 Å². The molecule has 0 aliphatic heterocycles. The van der Waals surface area contributed by atoms with Crippen LogP contribution in [0, 0.1) is 23.2 Å². The van der Waals surface area contributed by atoms with Crippen molar-refractivity contribution in [3.05, 3.63) is 35.5 Å². The van der Waals surface area contributed by atoms with Gasteiger partial charge in [0.15, 0.2) is 0 Å². The summed E-state index contributed by atoms with van der Waals surface area (Å²) in [4.78, 5) is 0. The molecule has 3 rings (SSSR count). The van der Waals surface area contributed by atoms with E-state index >= 15 is 0 Å². The lowest BCUT2D eigenvalue weighted by Crippen LogP contribution is -2.38. The second-order valence-corrected chi connectivity index (χ2v) is 11.3. The number of rotatable bonds is 6. The average molecular weight is 417 g/mol. The summed E-state index contributed by atoms with van der Waals surface area (Å²) in [7, 11) is 0. The third-order valence-electron chi connectivity index (χ3n) is 8.62. The van der Waals surface area contributed by atoms with Crippen LogP contribution in [0.2, 0.25) is 0 Å². The number of allylic oxidation sites excluding steroid dienone is 4. The number of aliphatic hydroxyl groups is 3. The third kappa shape index (κ3) is 5.11. The van der Waals surface area contributed by atoms with Crippen molar-refractivity contribution in [1.82, 2.24) is 0 Å². The van der Waals surface area contributed by atoms with Crippen LogP contribution in [0.1, 0.15) is 91.9 Å². The SMILES string of the molecule is C=C1CCC(O)CC1=CC=C1CCC[C@]2(C)[C@@H]([C@H](C)CCC(O)C(C)(C)O)CC[C@@H]12. The summed E-state index contributed by atoms with van der Waals surface area (Å²) in [6.07, 6.45) is 14.1. The minimum atomic E-state index is -1.02. The Kier molecular flexibility index (Phi) is 7.37. The van der Waals surface area contributed by atoms with Crippen LogP contribution in [0.4, 0.5) is 0 Å². The zero-order chi connectivity index (χ0) is 22.1. The van der Waals surface area contributed by atoms with Crippen LogP contribution in [-0.2, 0) is 0 Å². The first-order valence-electron chi connectivity index (χ1n) is 12.2. The van der Waals surface area contributed by atoms with Gasteiger partial charge in [0.1, 0.15) is 0 Å². The van der Waals surface area contributed by atoms with Crippen molar-refractivity contribution < 1.29 is 15.3 Å². The fourth-order valence-corrected chi connectivity index (χ4v) is 6.58. The predicted molar refractivity (Wildman–Crippen MR) is 124 cm³/mol. The van der Waals surface area contributed by atoms with Crippen LogP contribution in [-0.4, -0.2) is 33.1 Å². The summed E-state index contributed by atoms with van der Waals surface area (Å²) in [5, 5.41) is 30.3. The zero-order valence-corrected chi connectivity index (χ0v) is 19.7. The van der Waals surface area contributed by atoms with Gasteiger partial charge in [-0.25, -0.2) is 0 Å². The highest BCUT2D eigenvalue weighted by atomic mass is 16.3. The summed E-state index contributed by atoms with van der Waals surface area (Å²) < 4.78 is 0. The predicted octanol–water partition coefficient (Wildman–Crippen LogP) is 5.70. The van der Waals surface area contributed by atoms with Gasteiger partial charge in [0.25, 0.3) is 0 Å². The van der Waals surface area contributed by atoms with E-state index in [9.17, 15) is 15.3 Å². The Morgan fingerprint density at radius 2 is 1.90 bits per heavy atom. The molecule has 0 aromatic carbocycles. The van der Waals surface area contributed by atoms with Crippen molar-refractivity contribution in [2.24, 2.45) is 23.2 Å². The van der Waals surface area contributed by atoms with E-state index < -0.39 is 11.7 Å². The molecule has 6 atom stereocenters. The lowest BCUT2D eigenvalue weighted by atomic mass is 9.60. The molecule has 3 heteroatoms. The maximum Gasteiger partial charge on any atom is 0.0849 e. The Morgan fingerprint density at radius 3 is 2.60 bits per heavy atom. The van der Waals surface area contributed by atoms with Gasteiger partial charge >= 0.3 is 0 Å². The normalized spacial score (nSPS) is 37.4. The van der Waals surface area contributed by atoms with Crippen LogP contribution in [0.3, 0.4) is 0 Å². The molecule has 3 N–H and O–H groups in total. The molecule has 0 heterocycles. The van der Waals surface area contributed by atoms with E-state index in [2.05, 4.69) is 32.6 Å². The van der Waals surface area contributed by atoms with Gasteiger partial charge in [-0.2, -0.15) is 0 Å². The fraction of sp³-hybridized carbons (Fsp3) is 0.778. The molecule has 30 heavy (non-hydrogen) atoms. The van der Waals surface area contributed by atoms with Crippen molar-refractivity contribution in [3.8, 4) is 0 Å². The first-order chi connectivity index (χ1) is 14.0. The van der Waals surface area contributed by atoms with E-state index in [4.69, 9.17) is 0 Å². The van der Waals surface area contributed by atoms with E-state index in [0.29, 0.717) is 29.6 Å². The van der Waals surface area contributed by atoms with Crippen molar-refractivity contribution in [2.75, 3.05) is 0 Å². The summed E-state index contributed by atoms with van der Waals surface area (Å²) in [6, 6.07) is 0. The molecule has 0 aromatic heterocycles. The molecular weight excluding hydrogens is 372 g/mol. The number of aliphatic hydroxyl groups excluding tert-OH is 2. The largest absolute Gasteiger partial charge is 0.393 e. The highest BCUT2D eigenvalue weighted by Crippen LogP contribution is 2.60. The Balaban J connectivity index is 1.69. The molecule has 0 radical (unpaired) electrons. The summed E-state index contributed by atoms with van der Waals surface area (Å²) in [6.45, 7) is 12.5. The standard InChI is InChI=1S/C27H44O3/c1-18-8-12-22(28)17-21(18)11-10-20-7-6-16-27(5)23(13-14-24(20)27)19(2)9-15-25(29)26(3,4)30/h10-11,19,22-25,28-30H,1,6-9,12-17H2,2-5H3/t19-,22?,23-,24+,25?,27-/m1/s1. The highest BCUT2D eigenvalue weighted by molar-refractivity contribution is 5.36. The molecule has 0 spiro atoms. The molecule has 3 aliphatic carbocycles. The molecular formula is C27H44O3. The molecule has 0 amide bonds. The van der Waals surface area contributed by atoms with E-state index in [1.54, 1.807) is 19.4 Å². The second kappa shape index (κ2) is 9.30. The third-order valence-corrected chi connectivity index (χ3v) is 8.62. The van der Waals surface area contributed by atoms with Crippen molar-refractivity contribution >= 4 is 0 Å². The van der Waals surface area contributed by atoms with Crippen LogP contribution >= 0.6 is 0 Å². The molecule has 3 aliphatic rings. The minimum absolute atomic E-state index is 0.215. The maximum atomic E-state index is 10.3. The Bertz CT molecular complexity index is 683. The van der Waals surface area contributed by atoms with Gasteiger partial charge in [0.05, 0.1) is 17.8 Å². The van der Waals surface area contributed by atoms with Gasteiger partial charge in [-0.1, -0.05) is 43.7 Å². The van der Waals surface area contributed by atoms with Crippen molar-refractivity contribution in [2.45, 2.75) is 110 Å². The van der Waals surface area contributed by atoms with Gasteiger partial charge in [0, 0.05) is 0 Å². The average Bonchev–Trinajstić information content (AvgIpc) is 3.03. The first kappa shape index (κ1) is 23.8. The monoisotopic (exact) mass is 416 g/mol. The summed E-state index contributed by atoms with van der Waals surface area (Å²) in [5.41, 5.74) is 3.34. The van der Waals surface area contributed by atoms with Crippen LogP contribution in [0.15, 0.2) is 35.5 Å². The van der Waals surface area contributed by atoms with E-state index in [-0.39, 0.29) is 6.10 Å². The van der Waals surface area contributed by atoms with Gasteiger partial charge in [-0.3, -0.25) is 0 Å². The lowest BCUT2D eigenvalue weighted by molar-refractivity contribution is -0.0554. The lowest BCUT2D eigenvalue weighted by Gasteiger charge is -2.44. The number of fused-ring (bicyclic) bond motifs is 1. The van der Waals surface area contributed by atoms with Crippen LogP contribution < -0.4 is 0 Å². The molecule has 3 fully saturated rings. The first-order valence-corrected chi connectivity index (χ1v) is 12.2. The molecule has 0 saturated heterocycles. The van der Waals surface area contributed by atoms with Crippen LogP contribution in [0.25, 0.3) is 0 Å². The highest BCUT2D eigenvalue weighted by Gasteiger charge is 2.50. The van der Waals surface area contributed by atoms with Gasteiger partial charge in [-0.15, -0.1) is 0 Å². The summed E-state index contributed by atoms with van der Waals surface area (Å²) >= 11 is 0. The quantitative estimate of drug-likeness (QED) is 0.520. The topological polar surface area (TPSA) is 60.7 Å².